The van der Waals surface area contributed by atoms with E-state index in [4.69, 9.17) is 26.3 Å². The van der Waals surface area contributed by atoms with Gasteiger partial charge in [-0.05, 0) is 81.5 Å². The van der Waals surface area contributed by atoms with Crippen molar-refractivity contribution in [1.82, 2.24) is 19.8 Å². The summed E-state index contributed by atoms with van der Waals surface area (Å²) >= 11 is 6.08. The summed E-state index contributed by atoms with van der Waals surface area (Å²) < 4.78 is 5.80. The molecule has 2 fully saturated rings. The van der Waals surface area contributed by atoms with Crippen LogP contribution in [0.3, 0.4) is 0 Å². The number of aliphatic hydroxyl groups is 1. The molecule has 0 atom stereocenters. The highest BCUT2D eigenvalue weighted by atomic mass is 35.5. The lowest BCUT2D eigenvalue weighted by molar-refractivity contribution is -0.133. The minimum Gasteiger partial charge on any atom is -0.489 e. The first kappa shape index (κ1) is 28.4. The monoisotopic (exact) mass is 566 g/mol. The predicted octanol–water partition coefficient (Wildman–Crippen LogP) is 4.92. The van der Waals surface area contributed by atoms with Crippen molar-refractivity contribution >= 4 is 45.9 Å². The molecule has 9 nitrogen and oxygen atoms in total. The molecule has 1 aliphatic carbocycles. The fourth-order valence-electron chi connectivity index (χ4n) is 5.55. The Bertz CT molecular complexity index is 1270. The van der Waals surface area contributed by atoms with Crippen LogP contribution < -0.4 is 15.4 Å². The number of fused-ring (bicyclic) bond motifs is 1. The van der Waals surface area contributed by atoms with Gasteiger partial charge < -0.3 is 30.3 Å². The molecule has 1 saturated carbocycles. The van der Waals surface area contributed by atoms with Gasteiger partial charge in [0.1, 0.15) is 23.7 Å². The fraction of sp³-hybridized carbons (Fsp3) is 0.500. The van der Waals surface area contributed by atoms with E-state index in [0.29, 0.717) is 46.3 Å². The third-order valence-corrected chi connectivity index (χ3v) is 8.20. The van der Waals surface area contributed by atoms with Crippen molar-refractivity contribution in [2.24, 2.45) is 5.92 Å². The topological polar surface area (TPSA) is 103 Å². The standard InChI is InChI=1S/C30H39ClN6O3/c1-36-15-17-37(18-16-36)27(39)14-7-21-5-10-24(11-6-21)33-30-34-28-25(3-2-4-26(28)40-20-19-38)29(35-30)32-23-12-8-22(31)9-13-23/h2-4,8-9,12-13,21,24,38H,5-7,10-11,14-20H2,1H3,(H2,32,33,34,35). The summed E-state index contributed by atoms with van der Waals surface area (Å²) in [5.41, 5.74) is 1.55. The van der Waals surface area contributed by atoms with E-state index in [2.05, 4.69) is 22.6 Å². The number of carbonyl (C=O) groups excluding carboxylic acids is 1. The van der Waals surface area contributed by atoms with Crippen LogP contribution in [0.1, 0.15) is 38.5 Å². The molecule has 1 saturated heterocycles. The van der Waals surface area contributed by atoms with E-state index in [0.717, 1.165) is 69.4 Å². The van der Waals surface area contributed by atoms with Gasteiger partial charge in [0.2, 0.25) is 11.9 Å². The molecule has 5 rings (SSSR count). The number of benzene rings is 2. The molecule has 2 aliphatic rings. The zero-order valence-electron chi connectivity index (χ0n) is 23.1. The van der Waals surface area contributed by atoms with Gasteiger partial charge in [-0.15, -0.1) is 0 Å². The molecule has 0 unspecified atom stereocenters. The minimum atomic E-state index is -0.0767. The maximum Gasteiger partial charge on any atom is 0.225 e. The van der Waals surface area contributed by atoms with E-state index in [1.165, 1.54) is 0 Å². The van der Waals surface area contributed by atoms with E-state index in [9.17, 15) is 9.90 Å². The normalized spacial score (nSPS) is 19.9. The average molecular weight is 567 g/mol. The van der Waals surface area contributed by atoms with E-state index in [-0.39, 0.29) is 19.3 Å². The Morgan fingerprint density at radius 1 is 1.05 bits per heavy atom. The Balaban J connectivity index is 1.24. The SMILES string of the molecule is CN1CCN(C(=O)CCC2CCC(Nc3nc(Nc4ccc(Cl)cc4)c4cccc(OCCO)c4n3)CC2)CC1. The Labute approximate surface area is 240 Å². The van der Waals surface area contributed by atoms with Gasteiger partial charge in [-0.2, -0.15) is 4.98 Å². The van der Waals surface area contributed by atoms with Gasteiger partial charge in [0, 0.05) is 54.7 Å². The number of nitrogens with zero attached hydrogens (tertiary/aromatic N) is 4. The van der Waals surface area contributed by atoms with Crippen molar-refractivity contribution < 1.29 is 14.6 Å². The molecule has 1 aromatic heterocycles. The van der Waals surface area contributed by atoms with Crippen LogP contribution in [-0.4, -0.2) is 83.3 Å². The second-order valence-corrected chi connectivity index (χ2v) is 11.3. The maximum absolute atomic E-state index is 12.7. The third-order valence-electron chi connectivity index (χ3n) is 7.95. The number of hydrogen-bond donors (Lipinski definition) is 3. The molecule has 0 spiro atoms. The van der Waals surface area contributed by atoms with Crippen molar-refractivity contribution in [2.45, 2.75) is 44.6 Å². The van der Waals surface area contributed by atoms with Gasteiger partial charge in [0.25, 0.3) is 0 Å². The van der Waals surface area contributed by atoms with Crippen LogP contribution in [0.15, 0.2) is 42.5 Å². The summed E-state index contributed by atoms with van der Waals surface area (Å²) in [5, 5.41) is 17.8. The van der Waals surface area contributed by atoms with Gasteiger partial charge >= 0.3 is 0 Å². The molecule has 3 aromatic rings. The number of hydrogen-bond acceptors (Lipinski definition) is 8. The number of amides is 1. The van der Waals surface area contributed by atoms with Crippen LogP contribution in [0.25, 0.3) is 10.9 Å². The molecule has 2 heterocycles. The number of piperazine rings is 1. The first-order valence-corrected chi connectivity index (χ1v) is 14.7. The number of carbonyl (C=O) groups is 1. The average Bonchev–Trinajstić information content (AvgIpc) is 2.97. The molecule has 214 valence electrons. The number of ether oxygens (including phenoxy) is 1. The summed E-state index contributed by atoms with van der Waals surface area (Å²) in [7, 11) is 2.11. The largest absolute Gasteiger partial charge is 0.489 e. The van der Waals surface area contributed by atoms with E-state index >= 15 is 0 Å². The first-order valence-electron chi connectivity index (χ1n) is 14.3. The van der Waals surface area contributed by atoms with Crippen molar-refractivity contribution in [3.63, 3.8) is 0 Å². The molecule has 10 heteroatoms. The number of aliphatic hydroxyl groups excluding tert-OH is 1. The molecule has 0 bridgehead atoms. The first-order chi connectivity index (χ1) is 19.5. The summed E-state index contributed by atoms with van der Waals surface area (Å²) in [4.78, 5) is 26.7. The smallest absolute Gasteiger partial charge is 0.225 e. The van der Waals surface area contributed by atoms with E-state index < -0.39 is 0 Å². The van der Waals surface area contributed by atoms with Crippen molar-refractivity contribution in [3.05, 3.63) is 47.5 Å². The molecule has 40 heavy (non-hydrogen) atoms. The van der Waals surface area contributed by atoms with Crippen LogP contribution in [0.2, 0.25) is 5.02 Å². The highest BCUT2D eigenvalue weighted by molar-refractivity contribution is 6.30. The van der Waals surface area contributed by atoms with Gasteiger partial charge in [-0.25, -0.2) is 4.98 Å². The van der Waals surface area contributed by atoms with Crippen molar-refractivity contribution in [1.29, 1.82) is 0 Å². The Kier molecular flexibility index (Phi) is 9.57. The molecule has 1 amide bonds. The minimum absolute atomic E-state index is 0.0767. The maximum atomic E-state index is 12.7. The highest BCUT2D eigenvalue weighted by Gasteiger charge is 2.25. The van der Waals surface area contributed by atoms with Gasteiger partial charge in [-0.3, -0.25) is 4.79 Å². The Morgan fingerprint density at radius 2 is 1.80 bits per heavy atom. The van der Waals surface area contributed by atoms with Crippen molar-refractivity contribution in [3.8, 4) is 5.75 Å². The van der Waals surface area contributed by atoms with E-state index in [1.807, 2.05) is 47.4 Å². The number of halogens is 1. The molecular formula is C30H39ClN6O3. The number of aromatic nitrogens is 2. The lowest BCUT2D eigenvalue weighted by Crippen LogP contribution is -2.47. The lowest BCUT2D eigenvalue weighted by Gasteiger charge is -2.33. The molecular weight excluding hydrogens is 528 g/mol. The second kappa shape index (κ2) is 13.5. The second-order valence-electron chi connectivity index (χ2n) is 10.8. The van der Waals surface area contributed by atoms with Crippen LogP contribution in [0.4, 0.5) is 17.5 Å². The summed E-state index contributed by atoms with van der Waals surface area (Å²) in [6.45, 7) is 3.73. The van der Waals surface area contributed by atoms with Gasteiger partial charge in [0.05, 0.1) is 6.61 Å². The molecule has 3 N–H and O–H groups in total. The predicted molar refractivity (Wildman–Crippen MR) is 160 cm³/mol. The van der Waals surface area contributed by atoms with Crippen LogP contribution in [-0.2, 0) is 4.79 Å². The zero-order chi connectivity index (χ0) is 27.9. The number of para-hydroxylation sites is 1. The summed E-state index contributed by atoms with van der Waals surface area (Å²) in [6, 6.07) is 13.5. The van der Waals surface area contributed by atoms with Gasteiger partial charge in [-0.1, -0.05) is 17.7 Å². The number of nitrogens with one attached hydrogen (secondary N) is 2. The summed E-state index contributed by atoms with van der Waals surface area (Å²) in [6.07, 6.45) is 5.81. The number of likely N-dealkylation sites (N-methyl/N-ethyl adjacent to an activating group) is 1. The quantitative estimate of drug-likeness (QED) is 0.318. The van der Waals surface area contributed by atoms with Gasteiger partial charge in [0.15, 0.2) is 0 Å². The highest BCUT2D eigenvalue weighted by Crippen LogP contribution is 2.33. The number of anilines is 3. The van der Waals surface area contributed by atoms with Crippen LogP contribution in [0.5, 0.6) is 5.75 Å². The molecule has 2 aromatic carbocycles. The molecule has 0 radical (unpaired) electrons. The van der Waals surface area contributed by atoms with Crippen LogP contribution >= 0.6 is 11.6 Å². The number of rotatable bonds is 10. The summed E-state index contributed by atoms with van der Waals surface area (Å²) in [5.74, 6) is 2.69. The third kappa shape index (κ3) is 7.33. The fourth-order valence-corrected chi connectivity index (χ4v) is 5.67. The lowest BCUT2D eigenvalue weighted by atomic mass is 9.83. The zero-order valence-corrected chi connectivity index (χ0v) is 23.9. The Morgan fingerprint density at radius 3 is 2.52 bits per heavy atom. The van der Waals surface area contributed by atoms with E-state index in [1.54, 1.807) is 0 Å². The Hall–Kier alpha value is -3.14. The molecule has 1 aliphatic heterocycles. The van der Waals surface area contributed by atoms with Crippen molar-refractivity contribution in [2.75, 3.05) is 57.1 Å². The van der Waals surface area contributed by atoms with Crippen LogP contribution in [0, 0.1) is 5.92 Å².